The van der Waals surface area contributed by atoms with E-state index in [1.54, 1.807) is 0 Å². The first-order valence-corrected chi connectivity index (χ1v) is 7.96. The van der Waals surface area contributed by atoms with Crippen molar-refractivity contribution in [2.24, 2.45) is 17.3 Å². The largest absolute Gasteiger partial charge is 0.390 e. The third kappa shape index (κ3) is 2.52. The van der Waals surface area contributed by atoms with E-state index in [0.717, 1.165) is 12.8 Å². The lowest BCUT2D eigenvalue weighted by molar-refractivity contribution is -0.269. The molecule has 0 unspecified atom stereocenters. The molecule has 3 aliphatic carbocycles. The number of rotatable bonds is 5. The summed E-state index contributed by atoms with van der Waals surface area (Å²) in [5, 5.41) is 21.2. The van der Waals surface area contributed by atoms with Gasteiger partial charge in [-0.1, -0.05) is 44.2 Å². The van der Waals surface area contributed by atoms with Gasteiger partial charge in [-0.3, -0.25) is 0 Å². The number of ether oxygens (including phenoxy) is 1. The van der Waals surface area contributed by atoms with Crippen LogP contribution in [0.25, 0.3) is 0 Å². The van der Waals surface area contributed by atoms with Crippen molar-refractivity contribution in [3.8, 4) is 0 Å². The molecule has 4 rings (SSSR count). The van der Waals surface area contributed by atoms with Gasteiger partial charge in [0.2, 0.25) is 0 Å². The van der Waals surface area contributed by atoms with E-state index < -0.39 is 11.7 Å². The minimum atomic E-state index is -1.07. The molecule has 2 bridgehead atoms. The minimum absolute atomic E-state index is 0.122. The van der Waals surface area contributed by atoms with Crippen molar-refractivity contribution in [3.63, 3.8) is 0 Å². The first-order valence-electron chi connectivity index (χ1n) is 7.96. The summed E-state index contributed by atoms with van der Waals surface area (Å²) in [6, 6.07) is 10.2. The Kier molecular flexibility index (Phi) is 3.85. The average molecular weight is 290 g/mol. The molecule has 0 saturated heterocycles. The predicted molar refractivity (Wildman–Crippen MR) is 81.9 cm³/mol. The van der Waals surface area contributed by atoms with E-state index in [9.17, 15) is 10.2 Å². The second kappa shape index (κ2) is 5.38. The molecule has 3 aliphatic rings. The maximum absolute atomic E-state index is 10.9. The van der Waals surface area contributed by atoms with Crippen LogP contribution in [-0.4, -0.2) is 35.1 Å². The molecule has 116 valence electrons. The lowest BCUT2D eigenvalue weighted by Gasteiger charge is -2.64. The molecule has 3 nitrogen and oxygen atoms in total. The molecular formula is C18H26O3. The first-order chi connectivity index (χ1) is 9.94. The van der Waals surface area contributed by atoms with Crippen molar-refractivity contribution in [2.45, 2.75) is 44.8 Å². The van der Waals surface area contributed by atoms with Crippen molar-refractivity contribution in [1.29, 1.82) is 0 Å². The molecule has 0 aromatic heterocycles. The highest BCUT2D eigenvalue weighted by Gasteiger charge is 2.64. The topological polar surface area (TPSA) is 49.7 Å². The number of fused-ring (bicyclic) bond motifs is 2. The Morgan fingerprint density at radius 3 is 2.57 bits per heavy atom. The Morgan fingerprint density at radius 1 is 1.19 bits per heavy atom. The molecule has 3 saturated carbocycles. The van der Waals surface area contributed by atoms with E-state index in [4.69, 9.17) is 4.74 Å². The second-order valence-electron chi connectivity index (χ2n) is 7.34. The van der Waals surface area contributed by atoms with Gasteiger partial charge >= 0.3 is 0 Å². The summed E-state index contributed by atoms with van der Waals surface area (Å²) >= 11 is 0. The predicted octanol–water partition coefficient (Wildman–Crippen LogP) is 2.40. The number of hydrogen-bond donors (Lipinski definition) is 2. The van der Waals surface area contributed by atoms with Crippen molar-refractivity contribution in [3.05, 3.63) is 35.9 Å². The molecule has 2 N–H and O–H groups in total. The second-order valence-corrected chi connectivity index (χ2v) is 7.34. The zero-order valence-corrected chi connectivity index (χ0v) is 13.0. The van der Waals surface area contributed by atoms with Crippen LogP contribution < -0.4 is 0 Å². The number of aliphatic hydroxyl groups excluding tert-OH is 1. The highest BCUT2D eigenvalue weighted by molar-refractivity contribution is 5.15. The lowest BCUT2D eigenvalue weighted by atomic mass is 9.43. The van der Waals surface area contributed by atoms with Crippen LogP contribution in [0.1, 0.15) is 32.3 Å². The van der Waals surface area contributed by atoms with Crippen molar-refractivity contribution >= 4 is 0 Å². The van der Waals surface area contributed by atoms with E-state index in [1.807, 2.05) is 18.2 Å². The fraction of sp³-hybridized carbons (Fsp3) is 0.667. The Bertz CT molecular complexity index is 484. The first kappa shape index (κ1) is 15.0. The summed E-state index contributed by atoms with van der Waals surface area (Å²) in [5.41, 5.74) is 0.281. The zero-order valence-electron chi connectivity index (χ0n) is 13.0. The van der Waals surface area contributed by atoms with Crippen LogP contribution >= 0.6 is 0 Å². The summed E-state index contributed by atoms with van der Waals surface area (Å²) in [6.45, 7) is 5.22. The van der Waals surface area contributed by atoms with E-state index in [0.29, 0.717) is 18.9 Å². The van der Waals surface area contributed by atoms with Gasteiger partial charge in [-0.05, 0) is 42.1 Å². The molecule has 21 heavy (non-hydrogen) atoms. The van der Waals surface area contributed by atoms with Crippen molar-refractivity contribution < 1.29 is 14.9 Å². The zero-order chi connectivity index (χ0) is 15.1. The van der Waals surface area contributed by atoms with Crippen molar-refractivity contribution in [2.75, 3.05) is 13.2 Å². The average Bonchev–Trinajstić information content (AvgIpc) is 2.47. The molecule has 4 atom stereocenters. The van der Waals surface area contributed by atoms with Gasteiger partial charge in [0.1, 0.15) is 5.60 Å². The van der Waals surface area contributed by atoms with Crippen LogP contribution in [-0.2, 0) is 11.2 Å². The standard InChI is InChI=1S/C18H26O3/c1-17(2)14-10-15(17)18(20,16(19)11-14)12-21-9-8-13-6-4-3-5-7-13/h3-7,14-16,19-20H,8-12H2,1-2H3/t14-,15-,16+,18-/m0/s1. The molecular weight excluding hydrogens is 264 g/mol. The van der Waals surface area contributed by atoms with Gasteiger partial charge in [-0.25, -0.2) is 0 Å². The van der Waals surface area contributed by atoms with E-state index >= 15 is 0 Å². The molecule has 0 radical (unpaired) electrons. The summed E-state index contributed by atoms with van der Waals surface area (Å²) in [4.78, 5) is 0. The summed E-state index contributed by atoms with van der Waals surface area (Å²) in [6.07, 6.45) is 1.90. The number of hydrogen-bond acceptors (Lipinski definition) is 3. The van der Waals surface area contributed by atoms with Crippen LogP contribution in [0.2, 0.25) is 0 Å². The maximum Gasteiger partial charge on any atom is 0.117 e. The highest BCUT2D eigenvalue weighted by atomic mass is 16.5. The van der Waals surface area contributed by atoms with Gasteiger partial charge in [0.05, 0.1) is 19.3 Å². The van der Waals surface area contributed by atoms with Gasteiger partial charge in [-0.15, -0.1) is 0 Å². The van der Waals surface area contributed by atoms with Crippen LogP contribution in [0.15, 0.2) is 30.3 Å². The molecule has 1 aromatic rings. The van der Waals surface area contributed by atoms with E-state index in [-0.39, 0.29) is 17.9 Å². The highest BCUT2D eigenvalue weighted by Crippen LogP contribution is 2.62. The third-order valence-electron chi connectivity index (χ3n) is 5.87. The molecule has 0 spiro atoms. The smallest absolute Gasteiger partial charge is 0.117 e. The Labute approximate surface area is 127 Å². The molecule has 0 amide bonds. The van der Waals surface area contributed by atoms with Gasteiger partial charge in [0.25, 0.3) is 0 Å². The Balaban J connectivity index is 1.54. The molecule has 0 aliphatic heterocycles. The van der Waals surface area contributed by atoms with Crippen LogP contribution in [0.3, 0.4) is 0 Å². The summed E-state index contributed by atoms with van der Waals surface area (Å²) < 4.78 is 5.73. The monoisotopic (exact) mass is 290 g/mol. The molecule has 0 heterocycles. The quantitative estimate of drug-likeness (QED) is 0.819. The summed E-state index contributed by atoms with van der Waals surface area (Å²) in [5.74, 6) is 0.692. The number of benzene rings is 1. The number of aliphatic hydroxyl groups is 2. The fourth-order valence-corrected chi connectivity index (χ4v) is 4.24. The van der Waals surface area contributed by atoms with Gasteiger partial charge < -0.3 is 14.9 Å². The molecule has 3 heteroatoms. The van der Waals surface area contributed by atoms with Gasteiger partial charge in [-0.2, -0.15) is 0 Å². The molecule has 1 aromatic carbocycles. The van der Waals surface area contributed by atoms with Gasteiger partial charge in [0.15, 0.2) is 0 Å². The third-order valence-corrected chi connectivity index (χ3v) is 5.87. The molecule has 3 fully saturated rings. The lowest BCUT2D eigenvalue weighted by Crippen LogP contribution is -2.69. The Hall–Kier alpha value is -0.900. The van der Waals surface area contributed by atoms with E-state index in [1.165, 1.54) is 5.56 Å². The summed E-state index contributed by atoms with van der Waals surface area (Å²) in [7, 11) is 0. The van der Waals surface area contributed by atoms with Crippen molar-refractivity contribution in [1.82, 2.24) is 0 Å². The van der Waals surface area contributed by atoms with Crippen LogP contribution in [0.5, 0.6) is 0 Å². The van der Waals surface area contributed by atoms with Crippen LogP contribution in [0.4, 0.5) is 0 Å². The fourth-order valence-electron chi connectivity index (χ4n) is 4.24. The Morgan fingerprint density at radius 2 is 1.90 bits per heavy atom. The maximum atomic E-state index is 10.9. The normalized spacial score (nSPS) is 37.0. The van der Waals surface area contributed by atoms with E-state index in [2.05, 4.69) is 26.0 Å². The SMILES string of the molecule is CC1(C)[C@@H]2C[C@@H](O)[C@](O)(COCCc3ccccc3)[C@H]1C2. The van der Waals surface area contributed by atoms with Crippen LogP contribution in [0, 0.1) is 17.3 Å². The minimum Gasteiger partial charge on any atom is -0.390 e. The van der Waals surface area contributed by atoms with Gasteiger partial charge in [0, 0.05) is 0 Å².